The number of carbonyl (C=O) groups excluding carboxylic acids is 3. The number of carbonyl (C=O) groups is 3. The molecule has 0 heterocycles. The number of ketones is 1. The lowest BCUT2D eigenvalue weighted by atomic mass is 9.59. The first-order chi connectivity index (χ1) is 18.3. The van der Waals surface area contributed by atoms with Gasteiger partial charge < -0.3 is 19.7 Å². The molecular weight excluding hydrogens is 496 g/mol. The van der Waals surface area contributed by atoms with E-state index in [9.17, 15) is 24.6 Å². The molecule has 4 aliphatic carbocycles. The maximum atomic E-state index is 14.5. The fourth-order valence-electron chi connectivity index (χ4n) is 7.72. The Morgan fingerprint density at radius 2 is 1.92 bits per heavy atom. The molecule has 214 valence electrons. The predicted molar refractivity (Wildman–Crippen MR) is 147 cm³/mol. The van der Waals surface area contributed by atoms with Crippen molar-refractivity contribution in [3.8, 4) is 0 Å². The molecule has 2 N–H and O–H groups in total. The van der Waals surface area contributed by atoms with Crippen LogP contribution in [0.3, 0.4) is 0 Å². The van der Waals surface area contributed by atoms with E-state index in [4.69, 9.17) is 9.47 Å². The van der Waals surface area contributed by atoms with Crippen molar-refractivity contribution in [3.63, 3.8) is 0 Å². The van der Waals surface area contributed by atoms with Gasteiger partial charge >= 0.3 is 11.9 Å². The average Bonchev–Trinajstić information content (AvgIpc) is 3.38. The number of ether oxygens (including phenoxy) is 2. The molecule has 4 aliphatic rings. The van der Waals surface area contributed by atoms with E-state index in [0.717, 1.165) is 25.7 Å². The predicted octanol–water partition coefficient (Wildman–Crippen LogP) is 4.63. The zero-order chi connectivity index (χ0) is 28.8. The monoisotopic (exact) mass is 540 g/mol. The third-order valence-electron chi connectivity index (χ3n) is 9.85. The van der Waals surface area contributed by atoms with E-state index in [2.05, 4.69) is 20.8 Å². The molecule has 1 spiro atoms. The Hall–Kier alpha value is -2.51. The highest BCUT2D eigenvalue weighted by Crippen LogP contribution is 2.71. The first-order valence-corrected chi connectivity index (χ1v) is 14.4. The number of fused-ring (bicyclic) bond motifs is 3. The summed E-state index contributed by atoms with van der Waals surface area (Å²) in [4.78, 5) is 39.4. The van der Waals surface area contributed by atoms with E-state index in [1.165, 1.54) is 13.0 Å². The smallest absolute Gasteiger partial charge is 0.331 e. The summed E-state index contributed by atoms with van der Waals surface area (Å²) < 4.78 is 11.3. The van der Waals surface area contributed by atoms with Crippen LogP contribution in [0.4, 0.5) is 0 Å². The van der Waals surface area contributed by atoms with Crippen molar-refractivity contribution >= 4 is 17.7 Å². The number of rotatable bonds is 9. The highest BCUT2D eigenvalue weighted by Gasteiger charge is 2.76. The zero-order valence-corrected chi connectivity index (χ0v) is 24.1. The van der Waals surface area contributed by atoms with Crippen LogP contribution < -0.4 is 0 Å². The van der Waals surface area contributed by atoms with Gasteiger partial charge in [-0.2, -0.15) is 0 Å². The van der Waals surface area contributed by atoms with Crippen LogP contribution >= 0.6 is 0 Å². The number of hydrogen-bond acceptors (Lipinski definition) is 7. The summed E-state index contributed by atoms with van der Waals surface area (Å²) in [6, 6.07) is 0. The van der Waals surface area contributed by atoms with Gasteiger partial charge in [-0.05, 0) is 54.9 Å². The molecule has 0 amide bonds. The quantitative estimate of drug-likeness (QED) is 0.144. The number of aliphatic hydroxyl groups is 2. The third kappa shape index (κ3) is 4.76. The van der Waals surface area contributed by atoms with Crippen LogP contribution in [0.1, 0.15) is 73.6 Å². The van der Waals surface area contributed by atoms with E-state index >= 15 is 0 Å². The standard InChI is InChI=1S/C32H44O7/c1-7-8-9-10-11-12-13-14-25(34)39-29-22(18-38-21(4)33)16-23-26-24(30(26,5)6)15-20(3)31(28(23)36)17-19(2)27(35)32(29,31)37/h11-14,16-17,20,23-24,26-27,29,35,37H,7-10,15,18H2,1-6H3/b12-11+,14-13+/t20-,23?,24-,26+,27+,29-,31+,32-/m1/s1. The van der Waals surface area contributed by atoms with Gasteiger partial charge in [-0.15, -0.1) is 0 Å². The largest absolute Gasteiger partial charge is 0.461 e. The lowest BCUT2D eigenvalue weighted by Gasteiger charge is -2.49. The number of hydrogen-bond donors (Lipinski definition) is 2. The fourth-order valence-corrected chi connectivity index (χ4v) is 7.72. The molecule has 39 heavy (non-hydrogen) atoms. The van der Waals surface area contributed by atoms with Crippen LogP contribution in [0.15, 0.2) is 47.6 Å². The van der Waals surface area contributed by atoms with Crippen LogP contribution in [0.5, 0.6) is 0 Å². The summed E-state index contributed by atoms with van der Waals surface area (Å²) in [5.74, 6) is -1.98. The van der Waals surface area contributed by atoms with Crippen molar-refractivity contribution in [1.82, 2.24) is 0 Å². The fraction of sp³-hybridized carbons (Fsp3) is 0.656. The van der Waals surface area contributed by atoms with E-state index in [1.54, 1.807) is 31.2 Å². The highest BCUT2D eigenvalue weighted by atomic mass is 16.6. The summed E-state index contributed by atoms with van der Waals surface area (Å²) in [5, 5.41) is 24.0. The van der Waals surface area contributed by atoms with Crippen molar-refractivity contribution in [3.05, 3.63) is 47.6 Å². The molecule has 7 nitrogen and oxygen atoms in total. The lowest BCUT2D eigenvalue weighted by Crippen LogP contribution is -2.66. The van der Waals surface area contributed by atoms with Crippen LogP contribution in [-0.2, 0) is 23.9 Å². The summed E-state index contributed by atoms with van der Waals surface area (Å²) >= 11 is 0. The van der Waals surface area contributed by atoms with E-state index in [-0.39, 0.29) is 35.6 Å². The average molecular weight is 541 g/mol. The first kappa shape index (κ1) is 29.5. The van der Waals surface area contributed by atoms with Crippen LogP contribution in [0, 0.1) is 34.5 Å². The Morgan fingerprint density at radius 1 is 1.21 bits per heavy atom. The molecule has 0 aromatic carbocycles. The van der Waals surface area contributed by atoms with Crippen molar-refractivity contribution in [2.24, 2.45) is 34.5 Å². The number of aliphatic hydroxyl groups excluding tert-OH is 1. The van der Waals surface area contributed by atoms with Gasteiger partial charge in [-0.1, -0.05) is 70.9 Å². The minimum atomic E-state index is -2.14. The molecule has 4 rings (SSSR count). The minimum absolute atomic E-state index is 0.0436. The Morgan fingerprint density at radius 3 is 2.59 bits per heavy atom. The van der Waals surface area contributed by atoms with Gasteiger partial charge in [0.1, 0.15) is 12.7 Å². The molecule has 7 heteroatoms. The molecule has 1 unspecified atom stereocenters. The summed E-state index contributed by atoms with van der Waals surface area (Å²) in [5.41, 5.74) is -2.88. The Labute approximate surface area is 232 Å². The molecule has 0 aromatic rings. The molecule has 0 aromatic heterocycles. The normalized spacial score (nSPS) is 38.4. The second-order valence-electron chi connectivity index (χ2n) is 12.6. The van der Waals surface area contributed by atoms with Gasteiger partial charge in [0.05, 0.1) is 5.41 Å². The molecule has 0 radical (unpaired) electrons. The van der Waals surface area contributed by atoms with E-state index < -0.39 is 41.1 Å². The summed E-state index contributed by atoms with van der Waals surface area (Å²) in [6.07, 6.45) is 12.2. The van der Waals surface area contributed by atoms with Crippen LogP contribution in [0.2, 0.25) is 0 Å². The number of unbranched alkanes of at least 4 members (excludes halogenated alkanes) is 3. The number of allylic oxidation sites excluding steroid dienone is 4. The molecule has 0 saturated heterocycles. The maximum Gasteiger partial charge on any atom is 0.331 e. The third-order valence-corrected chi connectivity index (χ3v) is 9.85. The SMILES string of the molecule is CCCCC/C=C/C=C/C(=O)O[C@@H]1C(COC(C)=O)=CC2C(=O)[C@]3(C=C(C)[C@H](O)[C@@]13O)[C@H](C)C[C@@H]1[C@H]2C1(C)C. The second-order valence-corrected chi connectivity index (χ2v) is 12.6. The van der Waals surface area contributed by atoms with Gasteiger partial charge in [0.25, 0.3) is 0 Å². The zero-order valence-electron chi connectivity index (χ0n) is 24.1. The molecule has 2 bridgehead atoms. The van der Waals surface area contributed by atoms with Gasteiger partial charge in [0.15, 0.2) is 17.5 Å². The number of Topliss-reactive ketones (excluding diaryl/α,β-unsaturated/α-hetero) is 1. The van der Waals surface area contributed by atoms with Gasteiger partial charge in [-0.25, -0.2) is 4.79 Å². The maximum absolute atomic E-state index is 14.5. The van der Waals surface area contributed by atoms with Gasteiger partial charge in [0, 0.05) is 24.5 Å². The molecule has 0 aliphatic heterocycles. The van der Waals surface area contributed by atoms with Gasteiger partial charge in [0.2, 0.25) is 0 Å². The summed E-state index contributed by atoms with van der Waals surface area (Å²) in [7, 11) is 0. The van der Waals surface area contributed by atoms with E-state index in [0.29, 0.717) is 17.6 Å². The second kappa shape index (κ2) is 10.8. The minimum Gasteiger partial charge on any atom is -0.461 e. The highest BCUT2D eigenvalue weighted by molar-refractivity contribution is 5.95. The van der Waals surface area contributed by atoms with E-state index in [1.807, 2.05) is 13.0 Å². The van der Waals surface area contributed by atoms with Gasteiger partial charge in [-0.3, -0.25) is 9.59 Å². The van der Waals surface area contributed by atoms with Crippen molar-refractivity contribution < 1.29 is 34.1 Å². The van der Waals surface area contributed by atoms with Crippen LogP contribution in [-0.4, -0.2) is 52.4 Å². The lowest BCUT2D eigenvalue weighted by molar-refractivity contribution is -0.202. The first-order valence-electron chi connectivity index (χ1n) is 14.4. The topological polar surface area (TPSA) is 110 Å². The molecular formula is C32H44O7. The molecule has 2 saturated carbocycles. The van der Waals surface area contributed by atoms with Crippen molar-refractivity contribution in [2.45, 2.75) is 91.5 Å². The Bertz CT molecular complexity index is 1130. The Kier molecular flexibility index (Phi) is 8.17. The summed E-state index contributed by atoms with van der Waals surface area (Å²) in [6.45, 7) is 11.1. The number of esters is 2. The molecule has 8 atom stereocenters. The Balaban J connectivity index is 1.76. The van der Waals surface area contributed by atoms with Crippen molar-refractivity contribution in [2.75, 3.05) is 6.61 Å². The molecule has 2 fully saturated rings. The van der Waals surface area contributed by atoms with Crippen molar-refractivity contribution in [1.29, 1.82) is 0 Å². The van der Waals surface area contributed by atoms with Crippen LogP contribution in [0.25, 0.3) is 0 Å².